The van der Waals surface area contributed by atoms with Gasteiger partial charge in [-0.1, -0.05) is 286 Å². The molecule has 1 unspecified atom stereocenters. The van der Waals surface area contributed by atoms with E-state index in [2.05, 4.69) is 106 Å². The maximum Gasteiger partial charge on any atom is 0.306 e. The summed E-state index contributed by atoms with van der Waals surface area (Å²) >= 11 is 0. The molecule has 0 amide bonds. The monoisotopic (exact) mass is 1030 g/mol. The molecule has 0 aromatic heterocycles. The van der Waals surface area contributed by atoms with E-state index in [0.29, 0.717) is 19.3 Å². The third-order valence-corrected chi connectivity index (χ3v) is 13.6. The van der Waals surface area contributed by atoms with Crippen molar-refractivity contribution in [2.24, 2.45) is 0 Å². The lowest BCUT2D eigenvalue weighted by Crippen LogP contribution is -2.30. The van der Waals surface area contributed by atoms with E-state index in [1.54, 1.807) is 0 Å². The maximum absolute atomic E-state index is 12.9. The second kappa shape index (κ2) is 62.1. The number of ether oxygens (including phenoxy) is 3. The van der Waals surface area contributed by atoms with E-state index in [1.165, 1.54) is 154 Å². The first-order chi connectivity index (χ1) is 36.5. The Hall–Kier alpha value is -3.41. The highest BCUT2D eigenvalue weighted by atomic mass is 16.6. The Morgan fingerprint density at radius 2 is 0.554 bits per heavy atom. The van der Waals surface area contributed by atoms with Crippen molar-refractivity contribution < 1.29 is 28.6 Å². The molecule has 0 N–H and O–H groups in total. The van der Waals surface area contributed by atoms with E-state index in [1.807, 2.05) is 0 Å². The van der Waals surface area contributed by atoms with Crippen LogP contribution in [0.25, 0.3) is 0 Å². The molecule has 0 aliphatic heterocycles. The summed E-state index contributed by atoms with van der Waals surface area (Å²) in [6, 6.07) is 0. The van der Waals surface area contributed by atoms with Crippen LogP contribution in [0.2, 0.25) is 0 Å². The Kier molecular flexibility index (Phi) is 59.3. The van der Waals surface area contributed by atoms with Crippen molar-refractivity contribution in [3.63, 3.8) is 0 Å². The molecule has 6 heteroatoms. The number of carbonyl (C=O) groups is 3. The van der Waals surface area contributed by atoms with Crippen LogP contribution in [0.4, 0.5) is 0 Å². The highest BCUT2D eigenvalue weighted by Gasteiger charge is 2.19. The topological polar surface area (TPSA) is 78.9 Å². The van der Waals surface area contributed by atoms with Gasteiger partial charge in [-0.25, -0.2) is 0 Å². The summed E-state index contributed by atoms with van der Waals surface area (Å²) in [6.45, 7) is 6.48. The van der Waals surface area contributed by atoms with Crippen LogP contribution in [0.1, 0.15) is 310 Å². The molecule has 426 valence electrons. The van der Waals surface area contributed by atoms with Gasteiger partial charge in [-0.05, 0) is 89.9 Å². The summed E-state index contributed by atoms with van der Waals surface area (Å²) in [5, 5.41) is 0. The van der Waals surface area contributed by atoms with Crippen LogP contribution in [0.15, 0.2) is 85.1 Å². The van der Waals surface area contributed by atoms with Gasteiger partial charge < -0.3 is 14.2 Å². The van der Waals surface area contributed by atoms with Gasteiger partial charge in [-0.3, -0.25) is 14.4 Å². The van der Waals surface area contributed by atoms with Crippen LogP contribution in [-0.4, -0.2) is 37.2 Å². The van der Waals surface area contributed by atoms with Gasteiger partial charge in [0.25, 0.3) is 0 Å². The zero-order valence-electron chi connectivity index (χ0n) is 48.8. The Morgan fingerprint density at radius 3 is 0.878 bits per heavy atom. The zero-order chi connectivity index (χ0) is 53.6. The van der Waals surface area contributed by atoms with E-state index < -0.39 is 6.10 Å². The lowest BCUT2D eigenvalue weighted by Gasteiger charge is -2.18. The van der Waals surface area contributed by atoms with Gasteiger partial charge in [-0.2, -0.15) is 0 Å². The van der Waals surface area contributed by atoms with Crippen molar-refractivity contribution in [1.29, 1.82) is 0 Å². The highest BCUT2D eigenvalue weighted by Crippen LogP contribution is 2.17. The molecule has 6 nitrogen and oxygen atoms in total. The first kappa shape index (κ1) is 70.6. The Balaban J connectivity index is 4.21. The molecule has 0 rings (SSSR count). The van der Waals surface area contributed by atoms with Gasteiger partial charge in [0.15, 0.2) is 6.10 Å². The highest BCUT2D eigenvalue weighted by molar-refractivity contribution is 5.71. The molecule has 74 heavy (non-hydrogen) atoms. The van der Waals surface area contributed by atoms with E-state index >= 15 is 0 Å². The minimum Gasteiger partial charge on any atom is -0.462 e. The number of unbranched alkanes of at least 4 members (excludes halogenated alkanes) is 32. The molecule has 0 aromatic carbocycles. The van der Waals surface area contributed by atoms with E-state index in [4.69, 9.17) is 14.2 Å². The average Bonchev–Trinajstić information content (AvgIpc) is 3.40. The van der Waals surface area contributed by atoms with Crippen molar-refractivity contribution in [1.82, 2.24) is 0 Å². The fraction of sp³-hybridized carbons (Fsp3) is 0.750. The number of rotatable bonds is 57. The molecule has 0 spiro atoms. The van der Waals surface area contributed by atoms with Gasteiger partial charge in [-0.15, -0.1) is 0 Å². The van der Waals surface area contributed by atoms with E-state index in [9.17, 15) is 14.4 Å². The first-order valence-electron chi connectivity index (χ1n) is 31.6. The Bertz CT molecular complexity index is 1420. The average molecular weight is 1030 g/mol. The van der Waals surface area contributed by atoms with Gasteiger partial charge in [0.1, 0.15) is 13.2 Å². The first-order valence-corrected chi connectivity index (χ1v) is 31.6. The SMILES string of the molecule is CC/C=C\C/C=C\C/C=C\C/C=C\C/C=C\CCCCCCCCCCCCCCCC(=O)OCC(COC(=O)CCCCCCC/C=C\C/C=C\CCC)OC(=O)CCCCCCCCCCCCCCCC. The van der Waals surface area contributed by atoms with Crippen molar-refractivity contribution >= 4 is 17.9 Å². The summed E-state index contributed by atoms with van der Waals surface area (Å²) in [7, 11) is 0. The molecular weight excluding hydrogens is 913 g/mol. The van der Waals surface area contributed by atoms with Gasteiger partial charge in [0.05, 0.1) is 0 Å². The molecule has 0 saturated carbocycles. The second-order valence-electron chi connectivity index (χ2n) is 20.9. The van der Waals surface area contributed by atoms with Crippen LogP contribution in [0.3, 0.4) is 0 Å². The van der Waals surface area contributed by atoms with Crippen molar-refractivity contribution in [3.8, 4) is 0 Å². The summed E-state index contributed by atoms with van der Waals surface area (Å²) in [5.74, 6) is -0.881. The summed E-state index contributed by atoms with van der Waals surface area (Å²) in [6.07, 6.45) is 81.6. The largest absolute Gasteiger partial charge is 0.462 e. The molecule has 0 bridgehead atoms. The fourth-order valence-electron chi connectivity index (χ4n) is 8.92. The predicted octanol–water partition coefficient (Wildman–Crippen LogP) is 21.5. The number of esters is 3. The van der Waals surface area contributed by atoms with Crippen LogP contribution in [-0.2, 0) is 28.6 Å². The third kappa shape index (κ3) is 59.5. The van der Waals surface area contributed by atoms with Gasteiger partial charge in [0.2, 0.25) is 0 Å². The molecule has 0 fully saturated rings. The smallest absolute Gasteiger partial charge is 0.306 e. The van der Waals surface area contributed by atoms with Gasteiger partial charge in [0, 0.05) is 19.3 Å². The van der Waals surface area contributed by atoms with Crippen LogP contribution in [0.5, 0.6) is 0 Å². The maximum atomic E-state index is 12.9. The number of hydrogen-bond donors (Lipinski definition) is 0. The molecule has 1 atom stereocenters. The predicted molar refractivity (Wildman–Crippen MR) is 321 cm³/mol. The van der Waals surface area contributed by atoms with Crippen molar-refractivity contribution in [2.75, 3.05) is 13.2 Å². The number of carbonyl (C=O) groups excluding carboxylic acids is 3. The molecule has 0 aliphatic carbocycles. The van der Waals surface area contributed by atoms with E-state index in [0.717, 1.165) is 116 Å². The molecule has 0 aliphatic rings. The zero-order valence-corrected chi connectivity index (χ0v) is 48.8. The summed E-state index contributed by atoms with van der Waals surface area (Å²) in [4.78, 5) is 38.2. The van der Waals surface area contributed by atoms with Crippen LogP contribution in [0, 0.1) is 0 Å². The van der Waals surface area contributed by atoms with Crippen molar-refractivity contribution in [2.45, 2.75) is 316 Å². The number of hydrogen-bond acceptors (Lipinski definition) is 6. The molecule has 0 heterocycles. The van der Waals surface area contributed by atoms with Crippen LogP contribution < -0.4 is 0 Å². The lowest BCUT2D eigenvalue weighted by molar-refractivity contribution is -0.167. The normalized spacial score (nSPS) is 12.6. The Morgan fingerprint density at radius 1 is 0.284 bits per heavy atom. The molecular formula is C68H118O6. The Labute approximate surface area is 458 Å². The molecule has 0 aromatic rings. The molecule has 0 radical (unpaired) electrons. The third-order valence-electron chi connectivity index (χ3n) is 13.6. The summed E-state index contributed by atoms with van der Waals surface area (Å²) in [5.41, 5.74) is 0. The standard InChI is InChI=1S/C68H118O6/c1-4-7-10-13-16-19-22-25-27-28-29-30-31-32-33-34-35-36-37-38-39-40-41-44-46-49-52-55-58-61-67(70)73-64-65(63-72-66(69)60-57-54-51-48-45-42-24-21-18-15-12-9-6-3)74-68(71)62-59-56-53-50-47-43-26-23-20-17-14-11-8-5-2/h7,10,12,15-16,19,21,24-25,27,29-30,32-33,65H,4-6,8-9,11,13-14,17-18,20,22-23,26,28,31,34-64H2,1-3H3/b10-7-,15-12-,19-16-,24-21-,27-25-,30-29-,33-32-. The minimum absolute atomic E-state index is 0.0782. The van der Waals surface area contributed by atoms with Crippen molar-refractivity contribution in [3.05, 3.63) is 85.1 Å². The minimum atomic E-state index is -0.780. The van der Waals surface area contributed by atoms with Crippen LogP contribution >= 0.6 is 0 Å². The number of allylic oxidation sites excluding steroid dienone is 14. The van der Waals surface area contributed by atoms with E-state index in [-0.39, 0.29) is 31.1 Å². The lowest BCUT2D eigenvalue weighted by atomic mass is 10.0. The summed E-state index contributed by atoms with van der Waals surface area (Å²) < 4.78 is 16.9. The quantitative estimate of drug-likeness (QED) is 0.0261. The van der Waals surface area contributed by atoms with Gasteiger partial charge >= 0.3 is 17.9 Å². The second-order valence-corrected chi connectivity index (χ2v) is 20.9. The fourth-order valence-corrected chi connectivity index (χ4v) is 8.92. The molecule has 0 saturated heterocycles.